The van der Waals surface area contributed by atoms with E-state index in [9.17, 15) is 0 Å². The first-order valence-electron chi connectivity index (χ1n) is 14.4. The van der Waals surface area contributed by atoms with Crippen molar-refractivity contribution in [2.24, 2.45) is 0 Å². The van der Waals surface area contributed by atoms with Crippen LogP contribution in [0, 0.1) is 23.7 Å². The number of rotatable bonds is 4. The molecule has 0 aliphatic rings. The van der Waals surface area contributed by atoms with Gasteiger partial charge in [-0.15, -0.1) is 11.8 Å². The predicted molar refractivity (Wildman–Crippen MR) is 188 cm³/mol. The highest BCUT2D eigenvalue weighted by atomic mass is 35.5. The van der Waals surface area contributed by atoms with Gasteiger partial charge >= 0.3 is 0 Å². The molecule has 6 rings (SSSR count). The molecule has 0 radical (unpaired) electrons. The predicted octanol–water partition coefficient (Wildman–Crippen LogP) is 12.3. The zero-order valence-electron chi connectivity index (χ0n) is 24.3. The molecule has 0 saturated carbocycles. The van der Waals surface area contributed by atoms with Crippen molar-refractivity contribution in [3.63, 3.8) is 0 Å². The SMILES string of the molecule is CC#Cc1cc2c3cc(Cl)c(/C=C/CC)cc3ccc2c2c(C#CC)cc3c4cc(Cl)c(/C=C/CC)cc4ccc3c12. The zero-order valence-corrected chi connectivity index (χ0v) is 25.8. The maximum atomic E-state index is 6.81. The van der Waals surface area contributed by atoms with Crippen LogP contribution in [0.3, 0.4) is 0 Å². The third-order valence-electron chi connectivity index (χ3n) is 7.85. The summed E-state index contributed by atoms with van der Waals surface area (Å²) in [6.45, 7) is 8.03. The van der Waals surface area contributed by atoms with E-state index in [2.05, 4.69) is 122 Å². The molecule has 0 bridgehead atoms. The molecule has 6 aromatic rings. The lowest BCUT2D eigenvalue weighted by Crippen LogP contribution is -1.92. The summed E-state index contributed by atoms with van der Waals surface area (Å²) in [4.78, 5) is 0. The van der Waals surface area contributed by atoms with Crippen molar-refractivity contribution in [2.45, 2.75) is 40.5 Å². The molecule has 0 atom stereocenters. The minimum Gasteiger partial charge on any atom is -0.101 e. The van der Waals surface area contributed by atoms with Gasteiger partial charge in [0.1, 0.15) is 0 Å². The first kappa shape index (κ1) is 27.9. The molecule has 0 nitrogen and oxygen atoms in total. The highest BCUT2D eigenvalue weighted by molar-refractivity contribution is 6.35. The van der Waals surface area contributed by atoms with Crippen LogP contribution in [0.5, 0.6) is 0 Å². The average molecular weight is 582 g/mol. The molecule has 204 valence electrons. The lowest BCUT2D eigenvalue weighted by molar-refractivity contribution is 1.23. The van der Waals surface area contributed by atoms with Crippen molar-refractivity contribution in [3.8, 4) is 23.7 Å². The van der Waals surface area contributed by atoms with E-state index in [4.69, 9.17) is 23.2 Å². The molecule has 0 amide bonds. The third kappa shape index (κ3) is 4.72. The van der Waals surface area contributed by atoms with Crippen LogP contribution in [0.4, 0.5) is 0 Å². The number of allylic oxidation sites excluding steroid dienone is 2. The highest BCUT2D eigenvalue weighted by Crippen LogP contribution is 2.42. The van der Waals surface area contributed by atoms with Gasteiger partial charge in [-0.2, -0.15) is 0 Å². The first-order chi connectivity index (χ1) is 20.5. The molecule has 0 fully saturated rings. The molecule has 0 unspecified atom stereocenters. The van der Waals surface area contributed by atoms with Crippen LogP contribution in [0.2, 0.25) is 10.0 Å². The normalized spacial score (nSPS) is 11.7. The Morgan fingerprint density at radius 2 is 0.976 bits per heavy atom. The molecule has 6 aromatic carbocycles. The van der Waals surface area contributed by atoms with Crippen LogP contribution in [0.25, 0.3) is 66.0 Å². The molecule has 0 heterocycles. The van der Waals surface area contributed by atoms with E-state index < -0.39 is 0 Å². The monoisotopic (exact) mass is 580 g/mol. The van der Waals surface area contributed by atoms with Crippen molar-refractivity contribution < 1.29 is 0 Å². The Labute approximate surface area is 257 Å². The summed E-state index contributed by atoms with van der Waals surface area (Å²) in [5.74, 6) is 13.2. The van der Waals surface area contributed by atoms with Crippen molar-refractivity contribution in [1.29, 1.82) is 0 Å². The highest BCUT2D eigenvalue weighted by Gasteiger charge is 2.17. The number of halogens is 2. The molecule has 0 spiro atoms. The van der Waals surface area contributed by atoms with Gasteiger partial charge in [0.15, 0.2) is 0 Å². The third-order valence-corrected chi connectivity index (χ3v) is 8.50. The average Bonchev–Trinajstić information content (AvgIpc) is 2.99. The van der Waals surface area contributed by atoms with E-state index in [0.717, 1.165) is 99.0 Å². The van der Waals surface area contributed by atoms with Gasteiger partial charge in [-0.05, 0) is 117 Å². The number of hydrogen-bond acceptors (Lipinski definition) is 0. The van der Waals surface area contributed by atoms with Crippen molar-refractivity contribution >= 4 is 89.2 Å². The van der Waals surface area contributed by atoms with Gasteiger partial charge in [-0.3, -0.25) is 0 Å². The van der Waals surface area contributed by atoms with Crippen LogP contribution < -0.4 is 0 Å². The van der Waals surface area contributed by atoms with Gasteiger partial charge in [0, 0.05) is 31.9 Å². The minimum atomic E-state index is 0.742. The van der Waals surface area contributed by atoms with E-state index in [1.807, 2.05) is 13.8 Å². The van der Waals surface area contributed by atoms with Crippen LogP contribution in [-0.2, 0) is 0 Å². The fourth-order valence-electron chi connectivity index (χ4n) is 5.99. The molecule has 2 heteroatoms. The van der Waals surface area contributed by atoms with E-state index in [1.54, 1.807) is 0 Å². The standard InChI is InChI=1S/C40H30Cl2/c1-5-9-13-27-19-25-15-17-31-35(33(25)23-37(27)41)21-29(11-7-3)40-32-18-16-26-20-28(14-10-6-2)38(42)24-34(26)36(32)22-30(12-8-4)39(31)40/h9-10,13-24H,5-6H2,1-4H3/b13-9+,14-10+. The lowest BCUT2D eigenvalue weighted by atomic mass is 9.86. The smallest absolute Gasteiger partial charge is 0.0484 e. The molecule has 0 saturated heterocycles. The molecule has 42 heavy (non-hydrogen) atoms. The second-order valence-electron chi connectivity index (χ2n) is 10.5. The topological polar surface area (TPSA) is 0 Å². The van der Waals surface area contributed by atoms with Crippen LogP contribution in [-0.4, -0.2) is 0 Å². The van der Waals surface area contributed by atoms with Gasteiger partial charge in [0.25, 0.3) is 0 Å². The Morgan fingerprint density at radius 1 is 0.548 bits per heavy atom. The Morgan fingerprint density at radius 3 is 1.36 bits per heavy atom. The molecule has 0 aliphatic heterocycles. The Balaban J connectivity index is 1.78. The summed E-state index contributed by atoms with van der Waals surface area (Å²) in [6, 6.07) is 21.8. The molecular weight excluding hydrogens is 551 g/mol. The van der Waals surface area contributed by atoms with Crippen LogP contribution >= 0.6 is 23.2 Å². The summed E-state index contributed by atoms with van der Waals surface area (Å²) < 4.78 is 0. The second kappa shape index (κ2) is 11.6. The van der Waals surface area contributed by atoms with E-state index in [-0.39, 0.29) is 0 Å². The largest absolute Gasteiger partial charge is 0.101 e. The van der Waals surface area contributed by atoms with Crippen molar-refractivity contribution in [1.82, 2.24) is 0 Å². The number of benzene rings is 6. The lowest BCUT2D eigenvalue weighted by Gasteiger charge is -2.16. The fourth-order valence-corrected chi connectivity index (χ4v) is 6.45. The van der Waals surface area contributed by atoms with Gasteiger partial charge in [-0.1, -0.05) is 97.5 Å². The van der Waals surface area contributed by atoms with Crippen molar-refractivity contribution in [2.75, 3.05) is 0 Å². The van der Waals surface area contributed by atoms with Gasteiger partial charge in [0.05, 0.1) is 0 Å². The van der Waals surface area contributed by atoms with E-state index >= 15 is 0 Å². The number of fused-ring (bicyclic) bond motifs is 9. The van der Waals surface area contributed by atoms with Gasteiger partial charge in [-0.25, -0.2) is 0 Å². The molecule has 0 N–H and O–H groups in total. The van der Waals surface area contributed by atoms with Crippen LogP contribution in [0.15, 0.2) is 72.8 Å². The second-order valence-corrected chi connectivity index (χ2v) is 11.3. The number of hydrogen-bond donors (Lipinski definition) is 0. The minimum absolute atomic E-state index is 0.742. The first-order valence-corrected chi connectivity index (χ1v) is 15.1. The Kier molecular flexibility index (Phi) is 7.71. The fraction of sp³-hybridized carbons (Fsp3) is 0.150. The molecule has 0 aromatic heterocycles. The summed E-state index contributed by atoms with van der Waals surface area (Å²) in [5.41, 5.74) is 4.02. The van der Waals surface area contributed by atoms with Crippen molar-refractivity contribution in [3.05, 3.63) is 105 Å². The van der Waals surface area contributed by atoms with E-state index in [0.29, 0.717) is 0 Å². The van der Waals surface area contributed by atoms with Gasteiger partial charge < -0.3 is 0 Å². The summed E-state index contributed by atoms with van der Waals surface area (Å²) in [5, 5.41) is 12.8. The molecular formula is C40H30Cl2. The Bertz CT molecular complexity index is 2100. The zero-order chi connectivity index (χ0) is 29.4. The molecule has 0 aliphatic carbocycles. The maximum absolute atomic E-state index is 6.81. The summed E-state index contributed by atoms with van der Waals surface area (Å²) in [6.07, 6.45) is 10.4. The Hall–Kier alpha value is -4.20. The van der Waals surface area contributed by atoms with Crippen LogP contribution in [0.1, 0.15) is 62.8 Å². The maximum Gasteiger partial charge on any atom is 0.0484 e. The summed E-state index contributed by atoms with van der Waals surface area (Å²) >= 11 is 13.6. The quantitative estimate of drug-likeness (QED) is 0.144. The van der Waals surface area contributed by atoms with Gasteiger partial charge in [0.2, 0.25) is 0 Å². The summed E-state index contributed by atoms with van der Waals surface area (Å²) in [7, 11) is 0. The van der Waals surface area contributed by atoms with E-state index in [1.165, 1.54) is 0 Å².